The topological polar surface area (TPSA) is 87.5 Å². The van der Waals surface area contributed by atoms with Gasteiger partial charge in [0.15, 0.2) is 17.3 Å². The van der Waals surface area contributed by atoms with Crippen LogP contribution in [-0.4, -0.2) is 46.8 Å². The number of nitrogens with zero attached hydrogens (tertiary/aromatic N) is 3. The number of nitrogens with one attached hydrogen (secondary N) is 1. The van der Waals surface area contributed by atoms with Gasteiger partial charge in [0.25, 0.3) is 0 Å². The van der Waals surface area contributed by atoms with Crippen molar-refractivity contribution in [2.45, 2.75) is 19.3 Å². The molecular formula is C23H21F3N4O3. The van der Waals surface area contributed by atoms with Crippen molar-refractivity contribution in [2.75, 3.05) is 31.1 Å². The summed E-state index contributed by atoms with van der Waals surface area (Å²) in [4.78, 5) is 30.6. The van der Waals surface area contributed by atoms with E-state index in [2.05, 4.69) is 10.3 Å². The summed E-state index contributed by atoms with van der Waals surface area (Å²) in [5, 5.41) is 12.5. The molecule has 2 aliphatic rings. The summed E-state index contributed by atoms with van der Waals surface area (Å²) in [6, 6.07) is 3.72. The smallest absolute Gasteiger partial charge is 0.341 e. The van der Waals surface area contributed by atoms with Crippen LogP contribution >= 0.6 is 0 Å². The van der Waals surface area contributed by atoms with E-state index in [9.17, 15) is 23.5 Å². The quantitative estimate of drug-likeness (QED) is 0.627. The first-order chi connectivity index (χ1) is 15.8. The molecule has 172 valence electrons. The van der Waals surface area contributed by atoms with Gasteiger partial charge in [0.1, 0.15) is 17.2 Å². The Morgan fingerprint density at radius 1 is 1.15 bits per heavy atom. The molecular weight excluding hydrogens is 437 g/mol. The van der Waals surface area contributed by atoms with Crippen LogP contribution in [0.25, 0.3) is 16.7 Å². The van der Waals surface area contributed by atoms with Crippen LogP contribution in [-0.2, 0) is 0 Å². The second kappa shape index (κ2) is 7.87. The summed E-state index contributed by atoms with van der Waals surface area (Å²) in [5.41, 5.74) is -1.90. The molecule has 10 heteroatoms. The van der Waals surface area contributed by atoms with Crippen LogP contribution in [0.15, 0.2) is 35.3 Å². The van der Waals surface area contributed by atoms with Crippen molar-refractivity contribution < 1.29 is 23.1 Å². The maximum Gasteiger partial charge on any atom is 0.341 e. The minimum absolute atomic E-state index is 0.0111. The Balaban J connectivity index is 1.70. The zero-order valence-electron chi connectivity index (χ0n) is 17.6. The van der Waals surface area contributed by atoms with Crippen LogP contribution in [0.3, 0.4) is 0 Å². The number of halogens is 3. The predicted octanol–water partition coefficient (Wildman–Crippen LogP) is 3.08. The second-order valence-electron chi connectivity index (χ2n) is 8.76. The lowest BCUT2D eigenvalue weighted by Crippen LogP contribution is -2.42. The van der Waals surface area contributed by atoms with Gasteiger partial charge >= 0.3 is 5.97 Å². The summed E-state index contributed by atoms with van der Waals surface area (Å²) < 4.78 is 44.3. The second-order valence-corrected chi connectivity index (χ2v) is 8.76. The highest BCUT2D eigenvalue weighted by atomic mass is 19.1. The minimum Gasteiger partial charge on any atom is -0.477 e. The van der Waals surface area contributed by atoms with Crippen LogP contribution in [0.5, 0.6) is 0 Å². The number of aromatic carboxylic acids is 1. The number of rotatable bonds is 3. The molecule has 1 aromatic carbocycles. The first-order valence-corrected chi connectivity index (χ1v) is 10.7. The summed E-state index contributed by atoms with van der Waals surface area (Å²) in [5.74, 6) is -4.08. The number of pyridine rings is 2. The third-order valence-electron chi connectivity index (χ3n) is 6.61. The Hall–Kier alpha value is -3.40. The normalized spacial score (nSPS) is 20.6. The van der Waals surface area contributed by atoms with Crippen LogP contribution in [0, 0.1) is 22.9 Å². The minimum atomic E-state index is -1.55. The molecule has 0 saturated carbocycles. The fourth-order valence-electron chi connectivity index (χ4n) is 4.94. The maximum absolute atomic E-state index is 15.2. The number of hydrogen-bond donors (Lipinski definition) is 2. The average molecular weight is 458 g/mol. The van der Waals surface area contributed by atoms with Crippen molar-refractivity contribution >= 4 is 22.8 Å². The van der Waals surface area contributed by atoms with Crippen molar-refractivity contribution in [1.82, 2.24) is 14.9 Å². The van der Waals surface area contributed by atoms with Gasteiger partial charge < -0.3 is 15.3 Å². The van der Waals surface area contributed by atoms with E-state index < -0.39 is 34.4 Å². The summed E-state index contributed by atoms with van der Waals surface area (Å²) in [7, 11) is 0. The highest BCUT2D eigenvalue weighted by Crippen LogP contribution is 2.39. The van der Waals surface area contributed by atoms with Gasteiger partial charge in [0.05, 0.1) is 11.1 Å². The number of carbonyl (C=O) groups is 1. The van der Waals surface area contributed by atoms with Gasteiger partial charge in [0, 0.05) is 37.3 Å². The number of fused-ring (bicyclic) bond motifs is 1. The number of anilines is 1. The van der Waals surface area contributed by atoms with Crippen LogP contribution in [0.4, 0.5) is 19.0 Å². The Morgan fingerprint density at radius 3 is 2.67 bits per heavy atom. The van der Waals surface area contributed by atoms with E-state index in [1.807, 2.05) is 4.90 Å². The van der Waals surface area contributed by atoms with Crippen LogP contribution < -0.4 is 15.6 Å². The van der Waals surface area contributed by atoms with Gasteiger partial charge in [-0.3, -0.25) is 9.36 Å². The molecule has 1 spiro atoms. The molecule has 5 rings (SSSR count). The molecule has 0 aliphatic carbocycles. The highest BCUT2D eigenvalue weighted by molar-refractivity contribution is 5.92. The average Bonchev–Trinajstić information content (AvgIpc) is 3.17. The monoisotopic (exact) mass is 458 g/mol. The predicted molar refractivity (Wildman–Crippen MR) is 116 cm³/mol. The molecule has 1 unspecified atom stereocenters. The number of hydrogen-bond acceptors (Lipinski definition) is 5. The van der Waals surface area contributed by atoms with Crippen LogP contribution in [0.2, 0.25) is 0 Å². The number of piperidine rings is 1. The van der Waals surface area contributed by atoms with E-state index in [0.29, 0.717) is 19.2 Å². The van der Waals surface area contributed by atoms with Gasteiger partial charge in [-0.25, -0.2) is 22.9 Å². The molecule has 2 fully saturated rings. The largest absolute Gasteiger partial charge is 0.477 e. The fraction of sp³-hybridized carbons (Fsp3) is 0.348. The molecule has 7 nitrogen and oxygen atoms in total. The van der Waals surface area contributed by atoms with E-state index in [1.165, 1.54) is 0 Å². The van der Waals surface area contributed by atoms with Gasteiger partial charge in [-0.2, -0.15) is 0 Å². The van der Waals surface area contributed by atoms with Crippen LogP contribution in [0.1, 0.15) is 29.6 Å². The standard InChI is InChI=1S/C23H21F3N4O3/c24-13-2-3-18(16(25)8-13)30-10-15(22(32)33)19(31)14-9-17(26)21(28-20(14)30)29-7-5-23(12-29)4-1-6-27-11-23/h2-3,8-10,27H,1,4-7,11-12H2,(H,32,33). The summed E-state index contributed by atoms with van der Waals surface area (Å²) >= 11 is 0. The van der Waals surface area contributed by atoms with Gasteiger partial charge in [-0.05, 0) is 44.0 Å². The zero-order chi connectivity index (χ0) is 23.3. The van der Waals surface area contributed by atoms with Crippen molar-refractivity contribution in [1.29, 1.82) is 0 Å². The van der Waals surface area contributed by atoms with E-state index in [4.69, 9.17) is 0 Å². The Labute approximate surface area is 186 Å². The van der Waals surface area contributed by atoms with Crippen molar-refractivity contribution in [3.63, 3.8) is 0 Å². The molecule has 0 amide bonds. The molecule has 3 aromatic rings. The van der Waals surface area contributed by atoms with Gasteiger partial charge in [-0.1, -0.05) is 0 Å². The third kappa shape index (κ3) is 3.64. The molecule has 2 aromatic heterocycles. The molecule has 2 N–H and O–H groups in total. The lowest BCUT2D eigenvalue weighted by Gasteiger charge is -2.34. The third-order valence-corrected chi connectivity index (χ3v) is 6.61. The molecule has 0 radical (unpaired) electrons. The van der Waals surface area contributed by atoms with Crippen molar-refractivity contribution in [3.8, 4) is 5.69 Å². The molecule has 1 atom stereocenters. The SMILES string of the molecule is O=C(O)c1cn(-c2ccc(F)cc2F)c2nc(N3CCC4(CCCNC4)C3)c(F)cc2c1=O. The van der Waals surface area contributed by atoms with Crippen molar-refractivity contribution in [2.24, 2.45) is 5.41 Å². The van der Waals surface area contributed by atoms with E-state index >= 15 is 4.39 Å². The number of carboxylic acid groups (broad SMARTS) is 1. The van der Waals surface area contributed by atoms with Gasteiger partial charge in [-0.15, -0.1) is 0 Å². The van der Waals surface area contributed by atoms with E-state index in [1.54, 1.807) is 0 Å². The molecule has 0 bridgehead atoms. The Bertz CT molecular complexity index is 1330. The Kier molecular flexibility index (Phi) is 5.12. The highest BCUT2D eigenvalue weighted by Gasteiger charge is 2.40. The van der Waals surface area contributed by atoms with Gasteiger partial charge in [0.2, 0.25) is 5.43 Å². The first-order valence-electron chi connectivity index (χ1n) is 10.7. The molecule has 33 heavy (non-hydrogen) atoms. The fourth-order valence-corrected chi connectivity index (χ4v) is 4.94. The summed E-state index contributed by atoms with van der Waals surface area (Å²) in [6.45, 7) is 2.93. The molecule has 2 saturated heterocycles. The lowest BCUT2D eigenvalue weighted by atomic mass is 9.80. The maximum atomic E-state index is 15.2. The lowest BCUT2D eigenvalue weighted by molar-refractivity contribution is 0.0695. The molecule has 2 aliphatic heterocycles. The first kappa shape index (κ1) is 21.4. The van der Waals surface area contributed by atoms with Crippen molar-refractivity contribution in [3.05, 3.63) is 63.7 Å². The molecule has 4 heterocycles. The number of benzene rings is 1. The van der Waals surface area contributed by atoms with E-state index in [-0.39, 0.29) is 28.0 Å². The Morgan fingerprint density at radius 2 is 1.97 bits per heavy atom. The number of carboxylic acids is 1. The summed E-state index contributed by atoms with van der Waals surface area (Å²) in [6.07, 6.45) is 3.84. The van der Waals surface area contributed by atoms with E-state index in [0.717, 1.165) is 61.3 Å². The zero-order valence-corrected chi connectivity index (χ0v) is 17.6. The number of aromatic nitrogens is 2.